The standard InChI is InChI=1S/C22H37ClN4O3.HI/c1-3-4-11-28-15-16-29-12-8-25-22(24-2)26-18-21(27-9-13-30-14-10-27)19-6-5-7-20(23)17-19;/h5-7,17,21H,3-4,8-16,18H2,1-2H3,(H2,24,25,26);1H. The first-order chi connectivity index (χ1) is 14.7. The topological polar surface area (TPSA) is 67.4 Å². The lowest BCUT2D eigenvalue weighted by molar-refractivity contribution is 0.0170. The summed E-state index contributed by atoms with van der Waals surface area (Å²) in [5.74, 6) is 0.762. The van der Waals surface area contributed by atoms with E-state index in [4.69, 9.17) is 25.8 Å². The maximum atomic E-state index is 6.24. The van der Waals surface area contributed by atoms with Crippen LogP contribution in [0.3, 0.4) is 0 Å². The van der Waals surface area contributed by atoms with Crippen LogP contribution in [0.2, 0.25) is 5.02 Å². The fraction of sp³-hybridized carbons (Fsp3) is 0.682. The zero-order valence-corrected chi connectivity index (χ0v) is 21.9. The Labute approximate surface area is 209 Å². The maximum absolute atomic E-state index is 6.24. The van der Waals surface area contributed by atoms with Crippen LogP contribution in [0.5, 0.6) is 0 Å². The van der Waals surface area contributed by atoms with Gasteiger partial charge in [-0.05, 0) is 24.1 Å². The largest absolute Gasteiger partial charge is 0.379 e. The van der Waals surface area contributed by atoms with Gasteiger partial charge < -0.3 is 24.8 Å². The number of unbranched alkanes of at least 4 members (excludes halogenated alkanes) is 1. The van der Waals surface area contributed by atoms with Gasteiger partial charge in [0.25, 0.3) is 0 Å². The van der Waals surface area contributed by atoms with E-state index in [1.807, 2.05) is 18.2 Å². The number of aliphatic imine (C=N–C) groups is 1. The first-order valence-corrected chi connectivity index (χ1v) is 11.3. The Morgan fingerprint density at radius 3 is 2.58 bits per heavy atom. The third-order valence-corrected chi connectivity index (χ3v) is 5.19. The molecule has 0 spiro atoms. The van der Waals surface area contributed by atoms with Crippen molar-refractivity contribution in [1.82, 2.24) is 15.5 Å². The summed E-state index contributed by atoms with van der Waals surface area (Å²) in [6, 6.07) is 8.27. The van der Waals surface area contributed by atoms with Crippen LogP contribution in [-0.4, -0.2) is 83.7 Å². The average Bonchev–Trinajstić information content (AvgIpc) is 2.77. The third kappa shape index (κ3) is 11.7. The number of morpholine rings is 1. The van der Waals surface area contributed by atoms with Gasteiger partial charge in [-0.1, -0.05) is 37.1 Å². The molecule has 1 heterocycles. The molecular weight excluding hydrogens is 531 g/mol. The van der Waals surface area contributed by atoms with Crippen molar-refractivity contribution in [3.05, 3.63) is 34.9 Å². The van der Waals surface area contributed by atoms with Crippen LogP contribution in [0.25, 0.3) is 0 Å². The van der Waals surface area contributed by atoms with Gasteiger partial charge in [-0.25, -0.2) is 0 Å². The normalized spacial score (nSPS) is 15.9. The smallest absolute Gasteiger partial charge is 0.191 e. The number of hydrogen-bond donors (Lipinski definition) is 2. The summed E-state index contributed by atoms with van der Waals surface area (Å²) in [5, 5.41) is 7.50. The predicted octanol–water partition coefficient (Wildman–Crippen LogP) is 3.33. The number of hydrogen-bond acceptors (Lipinski definition) is 5. The Morgan fingerprint density at radius 1 is 1.16 bits per heavy atom. The summed E-state index contributed by atoms with van der Waals surface area (Å²) in [6.07, 6.45) is 2.25. The highest BCUT2D eigenvalue weighted by molar-refractivity contribution is 14.0. The van der Waals surface area contributed by atoms with E-state index in [1.165, 1.54) is 5.56 Å². The molecule has 0 radical (unpaired) electrons. The fourth-order valence-corrected chi connectivity index (χ4v) is 3.48. The van der Waals surface area contributed by atoms with Crippen molar-refractivity contribution in [1.29, 1.82) is 0 Å². The zero-order chi connectivity index (χ0) is 21.4. The highest BCUT2D eigenvalue weighted by atomic mass is 127. The van der Waals surface area contributed by atoms with Gasteiger partial charge >= 0.3 is 0 Å². The number of halogens is 2. The van der Waals surface area contributed by atoms with Crippen molar-refractivity contribution in [2.24, 2.45) is 4.99 Å². The lowest BCUT2D eigenvalue weighted by Crippen LogP contribution is -2.46. The molecule has 9 heteroatoms. The molecule has 2 rings (SSSR count). The highest BCUT2D eigenvalue weighted by Crippen LogP contribution is 2.23. The molecule has 1 unspecified atom stereocenters. The van der Waals surface area contributed by atoms with Crippen molar-refractivity contribution in [3.63, 3.8) is 0 Å². The second-order valence-electron chi connectivity index (χ2n) is 7.18. The molecule has 0 aliphatic carbocycles. The van der Waals surface area contributed by atoms with E-state index in [1.54, 1.807) is 7.05 Å². The number of ether oxygens (including phenoxy) is 3. The fourth-order valence-electron chi connectivity index (χ4n) is 3.28. The lowest BCUT2D eigenvalue weighted by Gasteiger charge is -2.35. The first kappa shape index (κ1) is 28.4. The van der Waals surface area contributed by atoms with E-state index in [-0.39, 0.29) is 30.0 Å². The monoisotopic (exact) mass is 568 g/mol. The molecule has 31 heavy (non-hydrogen) atoms. The van der Waals surface area contributed by atoms with E-state index in [0.717, 1.165) is 63.3 Å². The highest BCUT2D eigenvalue weighted by Gasteiger charge is 2.23. The van der Waals surface area contributed by atoms with Gasteiger partial charge in [0, 0.05) is 44.9 Å². The zero-order valence-electron chi connectivity index (χ0n) is 18.8. The van der Waals surface area contributed by atoms with Gasteiger partial charge in [-0.3, -0.25) is 9.89 Å². The van der Waals surface area contributed by atoms with Crippen LogP contribution in [-0.2, 0) is 14.2 Å². The van der Waals surface area contributed by atoms with Gasteiger partial charge in [0.1, 0.15) is 0 Å². The second kappa shape index (κ2) is 17.9. The molecule has 0 saturated carbocycles. The lowest BCUT2D eigenvalue weighted by atomic mass is 10.0. The molecule has 1 aliphatic heterocycles. The molecule has 178 valence electrons. The first-order valence-electron chi connectivity index (χ1n) is 10.9. The summed E-state index contributed by atoms with van der Waals surface area (Å²) in [7, 11) is 1.78. The quantitative estimate of drug-likeness (QED) is 0.165. The molecule has 1 atom stereocenters. The van der Waals surface area contributed by atoms with Crippen molar-refractivity contribution in [3.8, 4) is 0 Å². The number of benzene rings is 1. The minimum absolute atomic E-state index is 0. The molecule has 2 N–H and O–H groups in total. The molecule has 7 nitrogen and oxygen atoms in total. The van der Waals surface area contributed by atoms with Crippen LogP contribution in [0.4, 0.5) is 0 Å². The van der Waals surface area contributed by atoms with Crippen molar-refractivity contribution in [2.45, 2.75) is 25.8 Å². The third-order valence-electron chi connectivity index (χ3n) is 4.96. The van der Waals surface area contributed by atoms with Crippen LogP contribution in [0.1, 0.15) is 31.4 Å². The SMILES string of the molecule is CCCCOCCOCCNC(=NC)NCC(c1cccc(Cl)c1)N1CCOCC1.I. The number of nitrogens with one attached hydrogen (secondary N) is 2. The predicted molar refractivity (Wildman–Crippen MR) is 138 cm³/mol. The van der Waals surface area contributed by atoms with E-state index in [0.29, 0.717) is 26.4 Å². The van der Waals surface area contributed by atoms with E-state index in [2.05, 4.69) is 33.5 Å². The maximum Gasteiger partial charge on any atom is 0.191 e. The van der Waals surface area contributed by atoms with Gasteiger partial charge in [0.2, 0.25) is 0 Å². The van der Waals surface area contributed by atoms with E-state index >= 15 is 0 Å². The van der Waals surface area contributed by atoms with Gasteiger partial charge in [0.05, 0.1) is 39.1 Å². The summed E-state index contributed by atoms with van der Waals surface area (Å²) in [6.45, 7) is 9.57. The number of nitrogens with zero attached hydrogens (tertiary/aromatic N) is 2. The molecule has 0 aromatic heterocycles. The van der Waals surface area contributed by atoms with Crippen molar-refractivity contribution < 1.29 is 14.2 Å². The minimum atomic E-state index is 0. The minimum Gasteiger partial charge on any atom is -0.379 e. The van der Waals surface area contributed by atoms with Gasteiger partial charge in [0.15, 0.2) is 5.96 Å². The Kier molecular flexibility index (Phi) is 16.3. The molecular formula is C22H38ClIN4O3. The Balaban J connectivity index is 0.00000480. The van der Waals surface area contributed by atoms with Gasteiger partial charge in [-0.15, -0.1) is 24.0 Å². The van der Waals surface area contributed by atoms with Crippen molar-refractivity contribution >= 4 is 41.5 Å². The van der Waals surface area contributed by atoms with E-state index in [9.17, 15) is 0 Å². The number of rotatable bonds is 13. The van der Waals surface area contributed by atoms with Crippen LogP contribution < -0.4 is 10.6 Å². The van der Waals surface area contributed by atoms with E-state index < -0.39 is 0 Å². The Bertz CT molecular complexity index is 618. The molecule has 1 fully saturated rings. The van der Waals surface area contributed by atoms with Crippen molar-refractivity contribution in [2.75, 3.05) is 72.9 Å². The van der Waals surface area contributed by atoms with Crippen LogP contribution >= 0.6 is 35.6 Å². The molecule has 1 aliphatic rings. The van der Waals surface area contributed by atoms with Crippen LogP contribution in [0.15, 0.2) is 29.3 Å². The second-order valence-corrected chi connectivity index (χ2v) is 7.61. The molecule has 1 saturated heterocycles. The number of guanidine groups is 1. The molecule has 0 amide bonds. The molecule has 1 aromatic rings. The molecule has 0 bridgehead atoms. The Hall–Kier alpha value is -0.650. The summed E-state index contributed by atoms with van der Waals surface area (Å²) < 4.78 is 16.6. The molecule has 1 aromatic carbocycles. The average molecular weight is 569 g/mol. The Morgan fingerprint density at radius 2 is 1.90 bits per heavy atom. The summed E-state index contributed by atoms with van der Waals surface area (Å²) >= 11 is 6.24. The summed E-state index contributed by atoms with van der Waals surface area (Å²) in [4.78, 5) is 6.76. The van der Waals surface area contributed by atoms with Crippen LogP contribution in [0, 0.1) is 0 Å². The van der Waals surface area contributed by atoms with Gasteiger partial charge in [-0.2, -0.15) is 0 Å². The summed E-state index contributed by atoms with van der Waals surface area (Å²) in [5.41, 5.74) is 1.19.